The van der Waals surface area contributed by atoms with Gasteiger partial charge in [0.15, 0.2) is 0 Å². The number of hydrogen-bond donors (Lipinski definition) is 1. The Kier molecular flexibility index (Phi) is 8.67. The Hall–Kier alpha value is -2.49. The molecule has 1 N–H and O–H groups in total. The van der Waals surface area contributed by atoms with Gasteiger partial charge in [-0.2, -0.15) is 4.31 Å². The normalized spacial score (nSPS) is 15.8. The van der Waals surface area contributed by atoms with E-state index in [-0.39, 0.29) is 35.5 Å². The molecule has 0 bridgehead atoms. The zero-order valence-corrected chi connectivity index (χ0v) is 20.8. The Morgan fingerprint density at radius 3 is 2.32 bits per heavy atom. The molecule has 0 radical (unpaired) electrons. The highest BCUT2D eigenvalue weighted by atomic mass is 32.2. The molecule has 34 heavy (non-hydrogen) atoms. The van der Waals surface area contributed by atoms with Crippen molar-refractivity contribution >= 4 is 15.9 Å². The highest BCUT2D eigenvalue weighted by Gasteiger charge is 2.35. The standard InChI is InChI=1S/C25H33FN2O5S/c1-4-28(5-2)34(30,31)21-11-12-23(26)22(17-21)24(29)27-18-25(13-15-32-16-14-25)19-7-9-20(10-8-19)33-6-3/h7-12,17H,4-6,13-16,18H2,1-3H3,(H,27,29). The molecule has 0 atom stereocenters. The van der Waals surface area contributed by atoms with Gasteiger partial charge in [-0.25, -0.2) is 12.8 Å². The van der Waals surface area contributed by atoms with Crippen molar-refractivity contribution in [1.82, 2.24) is 9.62 Å². The van der Waals surface area contributed by atoms with Crippen LogP contribution in [0.5, 0.6) is 5.75 Å². The smallest absolute Gasteiger partial charge is 0.254 e. The van der Waals surface area contributed by atoms with Crippen LogP contribution >= 0.6 is 0 Å². The summed E-state index contributed by atoms with van der Waals surface area (Å²) in [4.78, 5) is 12.9. The van der Waals surface area contributed by atoms with E-state index in [1.165, 1.54) is 10.4 Å². The molecule has 186 valence electrons. The second-order valence-electron chi connectivity index (χ2n) is 8.26. The van der Waals surface area contributed by atoms with E-state index in [0.717, 1.165) is 23.4 Å². The fourth-order valence-corrected chi connectivity index (χ4v) is 5.78. The molecule has 1 saturated heterocycles. The number of carbonyl (C=O) groups excluding carboxylic acids is 1. The Morgan fingerprint density at radius 2 is 1.74 bits per heavy atom. The SMILES string of the molecule is CCOc1ccc(C2(CNC(=O)c3cc(S(=O)(=O)N(CC)CC)ccc3F)CCOCC2)cc1. The lowest BCUT2D eigenvalue weighted by Gasteiger charge is -2.38. The Balaban J connectivity index is 1.84. The number of hydrogen-bond acceptors (Lipinski definition) is 5. The van der Waals surface area contributed by atoms with Crippen LogP contribution in [0.1, 0.15) is 49.5 Å². The van der Waals surface area contributed by atoms with Gasteiger partial charge in [0.1, 0.15) is 11.6 Å². The summed E-state index contributed by atoms with van der Waals surface area (Å²) in [7, 11) is -3.82. The number of benzene rings is 2. The summed E-state index contributed by atoms with van der Waals surface area (Å²) in [5, 5.41) is 2.85. The molecule has 9 heteroatoms. The first-order valence-electron chi connectivity index (χ1n) is 11.7. The molecule has 1 aliphatic heterocycles. The molecule has 7 nitrogen and oxygen atoms in total. The maximum Gasteiger partial charge on any atom is 0.254 e. The number of nitrogens with zero attached hydrogens (tertiary/aromatic N) is 1. The largest absolute Gasteiger partial charge is 0.494 e. The molecular weight excluding hydrogens is 459 g/mol. The van der Waals surface area contributed by atoms with Crippen LogP contribution in [0.3, 0.4) is 0 Å². The van der Waals surface area contributed by atoms with Crippen molar-refractivity contribution in [1.29, 1.82) is 0 Å². The monoisotopic (exact) mass is 492 g/mol. The van der Waals surface area contributed by atoms with Gasteiger partial charge in [0.05, 0.1) is 17.1 Å². The quantitative estimate of drug-likeness (QED) is 0.546. The lowest BCUT2D eigenvalue weighted by molar-refractivity contribution is 0.0486. The number of nitrogens with one attached hydrogen (secondary N) is 1. The van der Waals surface area contributed by atoms with Crippen LogP contribution < -0.4 is 10.1 Å². The number of amides is 1. The molecular formula is C25H33FN2O5S. The van der Waals surface area contributed by atoms with E-state index >= 15 is 0 Å². The van der Waals surface area contributed by atoms with Gasteiger partial charge in [-0.1, -0.05) is 26.0 Å². The van der Waals surface area contributed by atoms with Crippen molar-refractivity contribution in [2.75, 3.05) is 39.5 Å². The summed E-state index contributed by atoms with van der Waals surface area (Å²) in [6, 6.07) is 11.1. The topological polar surface area (TPSA) is 84.9 Å². The van der Waals surface area contributed by atoms with Crippen LogP contribution in [0.2, 0.25) is 0 Å². The maximum absolute atomic E-state index is 14.6. The van der Waals surface area contributed by atoms with Crippen molar-refractivity contribution in [3.63, 3.8) is 0 Å². The molecule has 1 heterocycles. The first kappa shape index (κ1) is 26.1. The van der Waals surface area contributed by atoms with E-state index < -0.39 is 21.7 Å². The molecule has 1 fully saturated rings. The van der Waals surface area contributed by atoms with E-state index in [0.29, 0.717) is 32.7 Å². The first-order valence-corrected chi connectivity index (χ1v) is 13.1. The second-order valence-corrected chi connectivity index (χ2v) is 10.2. The van der Waals surface area contributed by atoms with Crippen LogP contribution in [0, 0.1) is 5.82 Å². The molecule has 0 spiro atoms. The number of carbonyl (C=O) groups is 1. The van der Waals surface area contributed by atoms with Crippen molar-refractivity contribution in [2.45, 2.75) is 43.9 Å². The highest BCUT2D eigenvalue weighted by molar-refractivity contribution is 7.89. The van der Waals surface area contributed by atoms with Crippen molar-refractivity contribution in [2.24, 2.45) is 0 Å². The van der Waals surface area contributed by atoms with Crippen molar-refractivity contribution in [3.8, 4) is 5.75 Å². The van der Waals surface area contributed by atoms with Crippen LogP contribution in [0.25, 0.3) is 0 Å². The fraction of sp³-hybridized carbons (Fsp3) is 0.480. The molecule has 0 aromatic heterocycles. The van der Waals surface area contributed by atoms with E-state index in [2.05, 4.69) is 5.32 Å². The molecule has 1 aliphatic rings. The summed E-state index contributed by atoms with van der Waals surface area (Å²) in [5.41, 5.74) is 0.375. The zero-order chi connectivity index (χ0) is 24.8. The van der Waals surface area contributed by atoms with Crippen LogP contribution in [0.4, 0.5) is 4.39 Å². The van der Waals surface area contributed by atoms with E-state index in [9.17, 15) is 17.6 Å². The Morgan fingerprint density at radius 1 is 1.09 bits per heavy atom. The van der Waals surface area contributed by atoms with Gasteiger partial charge in [-0.3, -0.25) is 4.79 Å². The third-order valence-electron chi connectivity index (χ3n) is 6.34. The van der Waals surface area contributed by atoms with Crippen molar-refractivity contribution in [3.05, 3.63) is 59.4 Å². The van der Waals surface area contributed by atoms with Crippen molar-refractivity contribution < 1.29 is 27.1 Å². The summed E-state index contributed by atoms with van der Waals surface area (Å²) in [5.74, 6) is -0.644. The maximum atomic E-state index is 14.6. The average Bonchev–Trinajstić information content (AvgIpc) is 2.84. The molecule has 0 unspecified atom stereocenters. The molecule has 0 saturated carbocycles. The Bertz CT molecular complexity index is 1080. The number of sulfonamides is 1. The van der Waals surface area contributed by atoms with E-state index in [1.54, 1.807) is 13.8 Å². The fourth-order valence-electron chi connectivity index (χ4n) is 4.30. The molecule has 1 amide bonds. The van der Waals surface area contributed by atoms with Crippen LogP contribution in [0.15, 0.2) is 47.4 Å². The van der Waals surface area contributed by atoms with Crippen LogP contribution in [-0.4, -0.2) is 58.1 Å². The van der Waals surface area contributed by atoms with E-state index in [4.69, 9.17) is 9.47 Å². The summed E-state index contributed by atoms with van der Waals surface area (Å²) < 4.78 is 52.6. The molecule has 0 aliphatic carbocycles. The van der Waals surface area contributed by atoms with Gasteiger partial charge in [-0.15, -0.1) is 0 Å². The highest BCUT2D eigenvalue weighted by Crippen LogP contribution is 2.35. The lowest BCUT2D eigenvalue weighted by atomic mass is 9.74. The minimum atomic E-state index is -3.82. The summed E-state index contributed by atoms with van der Waals surface area (Å²) in [6.07, 6.45) is 1.39. The summed E-state index contributed by atoms with van der Waals surface area (Å²) >= 11 is 0. The van der Waals surface area contributed by atoms with Gasteiger partial charge >= 0.3 is 0 Å². The molecule has 2 aromatic carbocycles. The average molecular weight is 493 g/mol. The minimum Gasteiger partial charge on any atom is -0.494 e. The third-order valence-corrected chi connectivity index (χ3v) is 8.39. The van der Waals surface area contributed by atoms with Crippen LogP contribution in [-0.2, 0) is 20.2 Å². The molecule has 2 aromatic rings. The lowest BCUT2D eigenvalue weighted by Crippen LogP contribution is -2.44. The predicted molar refractivity (Wildman–Crippen MR) is 128 cm³/mol. The van der Waals surface area contributed by atoms with Gasteiger partial charge < -0.3 is 14.8 Å². The van der Waals surface area contributed by atoms with Gasteiger partial charge in [0.2, 0.25) is 10.0 Å². The second kappa shape index (κ2) is 11.3. The number of rotatable bonds is 10. The third kappa shape index (κ3) is 5.59. The minimum absolute atomic E-state index is 0.102. The Labute approximate surface area is 201 Å². The van der Waals surface area contributed by atoms with Gasteiger partial charge in [-0.05, 0) is 55.7 Å². The predicted octanol–water partition coefficient (Wildman–Crippen LogP) is 3.73. The first-order chi connectivity index (χ1) is 16.3. The van der Waals surface area contributed by atoms with Gasteiger partial charge in [0, 0.05) is 38.3 Å². The summed E-state index contributed by atoms with van der Waals surface area (Å²) in [6.45, 7) is 7.89. The molecule has 3 rings (SSSR count). The van der Waals surface area contributed by atoms with E-state index in [1.807, 2.05) is 31.2 Å². The number of halogens is 1. The number of ether oxygens (including phenoxy) is 2. The van der Waals surface area contributed by atoms with Gasteiger partial charge in [0.25, 0.3) is 5.91 Å². The zero-order valence-electron chi connectivity index (χ0n) is 20.0.